The molecule has 1 aromatic carbocycles. The topological polar surface area (TPSA) is 69.6 Å². The summed E-state index contributed by atoms with van der Waals surface area (Å²) in [5.41, 5.74) is 1.77. The Morgan fingerprint density at radius 1 is 1.41 bits per heavy atom. The molecule has 0 heterocycles. The van der Waals surface area contributed by atoms with Crippen molar-refractivity contribution in [3.8, 4) is 5.75 Å². The number of nitrogens with one attached hydrogen (secondary N) is 1. The van der Waals surface area contributed by atoms with Gasteiger partial charge in [-0.15, -0.1) is 0 Å². The number of amides is 1. The fraction of sp³-hybridized carbons (Fsp3) is 0.462. The van der Waals surface area contributed by atoms with Crippen molar-refractivity contribution in [3.63, 3.8) is 0 Å². The van der Waals surface area contributed by atoms with Crippen LogP contribution in [0.15, 0.2) is 12.1 Å². The minimum absolute atomic E-state index is 0.0374. The van der Waals surface area contributed by atoms with Gasteiger partial charge in [-0.2, -0.15) is 0 Å². The highest BCUT2D eigenvalue weighted by molar-refractivity contribution is 5.98. The Morgan fingerprint density at radius 2 is 2.06 bits per heavy atom. The molecule has 0 saturated carbocycles. The van der Waals surface area contributed by atoms with E-state index in [4.69, 9.17) is 5.11 Å². The molecule has 0 aromatic heterocycles. The van der Waals surface area contributed by atoms with E-state index in [1.54, 1.807) is 6.92 Å². The minimum atomic E-state index is -0.350. The second kappa shape index (κ2) is 5.68. The summed E-state index contributed by atoms with van der Waals surface area (Å²) in [6.45, 7) is 5.76. The number of aliphatic hydroxyl groups is 1. The predicted molar refractivity (Wildman–Crippen MR) is 66.4 cm³/mol. The van der Waals surface area contributed by atoms with Gasteiger partial charge < -0.3 is 15.5 Å². The van der Waals surface area contributed by atoms with Crippen molar-refractivity contribution in [2.24, 2.45) is 0 Å². The third kappa shape index (κ3) is 2.97. The summed E-state index contributed by atoms with van der Waals surface area (Å²) in [7, 11) is 0. The van der Waals surface area contributed by atoms with Crippen LogP contribution in [0.4, 0.5) is 0 Å². The number of hydrogen-bond acceptors (Lipinski definition) is 3. The van der Waals surface area contributed by atoms with Gasteiger partial charge >= 0.3 is 0 Å². The molecule has 0 aliphatic heterocycles. The third-order valence-electron chi connectivity index (χ3n) is 2.66. The Morgan fingerprint density at radius 3 is 2.59 bits per heavy atom. The fourth-order valence-corrected chi connectivity index (χ4v) is 1.72. The smallest absolute Gasteiger partial charge is 0.255 e. The van der Waals surface area contributed by atoms with E-state index in [-0.39, 0.29) is 30.7 Å². The fourth-order valence-electron chi connectivity index (χ4n) is 1.72. The number of aromatic hydroxyl groups is 1. The molecule has 0 spiro atoms. The molecule has 0 aliphatic carbocycles. The molecule has 0 unspecified atom stereocenters. The van der Waals surface area contributed by atoms with Gasteiger partial charge in [0.1, 0.15) is 5.75 Å². The Hall–Kier alpha value is -1.55. The largest absolute Gasteiger partial charge is 0.507 e. The summed E-state index contributed by atoms with van der Waals surface area (Å²) in [5.74, 6) is -0.160. The first-order valence-electron chi connectivity index (χ1n) is 5.70. The van der Waals surface area contributed by atoms with Crippen LogP contribution in [0.2, 0.25) is 0 Å². The zero-order chi connectivity index (χ0) is 13.0. The van der Waals surface area contributed by atoms with Crippen molar-refractivity contribution in [1.29, 1.82) is 0 Å². The van der Waals surface area contributed by atoms with Crippen LogP contribution in [-0.4, -0.2) is 29.3 Å². The number of aliphatic hydroxyl groups excluding tert-OH is 1. The maximum atomic E-state index is 11.8. The van der Waals surface area contributed by atoms with E-state index >= 15 is 0 Å². The van der Waals surface area contributed by atoms with E-state index in [9.17, 15) is 9.90 Å². The molecule has 0 aliphatic rings. The Bertz CT molecular complexity index is 413. The van der Waals surface area contributed by atoms with Gasteiger partial charge in [-0.1, -0.05) is 26.0 Å². The summed E-state index contributed by atoms with van der Waals surface area (Å²) in [5, 5.41) is 21.3. The standard InChI is InChI=1S/C13H19NO3/c1-8(2)10-5-4-9(3)11(12(10)16)13(17)14-6-7-15/h4-5,8,15-16H,6-7H2,1-3H3,(H,14,17). The molecule has 0 saturated heterocycles. The number of rotatable bonds is 4. The number of phenols is 1. The molecule has 1 aromatic rings. The van der Waals surface area contributed by atoms with Crippen molar-refractivity contribution < 1.29 is 15.0 Å². The van der Waals surface area contributed by atoms with Gasteiger partial charge in [0.05, 0.1) is 12.2 Å². The average molecular weight is 237 g/mol. The van der Waals surface area contributed by atoms with E-state index in [1.165, 1.54) is 0 Å². The van der Waals surface area contributed by atoms with Crippen LogP contribution >= 0.6 is 0 Å². The van der Waals surface area contributed by atoms with Crippen molar-refractivity contribution >= 4 is 5.91 Å². The van der Waals surface area contributed by atoms with Gasteiger partial charge in [0.25, 0.3) is 5.91 Å². The number of benzene rings is 1. The van der Waals surface area contributed by atoms with Crippen LogP contribution in [0.25, 0.3) is 0 Å². The predicted octanol–water partition coefficient (Wildman–Crippen LogP) is 1.55. The summed E-state index contributed by atoms with van der Waals surface area (Å²) in [6.07, 6.45) is 0. The second-order valence-electron chi connectivity index (χ2n) is 4.33. The van der Waals surface area contributed by atoms with Gasteiger partial charge in [0.15, 0.2) is 0 Å². The molecule has 0 radical (unpaired) electrons. The van der Waals surface area contributed by atoms with E-state index < -0.39 is 0 Å². The molecule has 0 bridgehead atoms. The van der Waals surface area contributed by atoms with Gasteiger partial charge in [0, 0.05) is 6.54 Å². The third-order valence-corrected chi connectivity index (χ3v) is 2.66. The minimum Gasteiger partial charge on any atom is -0.507 e. The molecule has 4 nitrogen and oxygen atoms in total. The van der Waals surface area contributed by atoms with E-state index in [2.05, 4.69) is 5.32 Å². The highest BCUT2D eigenvalue weighted by Gasteiger charge is 2.18. The molecule has 3 N–H and O–H groups in total. The van der Waals surface area contributed by atoms with Crippen molar-refractivity contribution in [2.45, 2.75) is 26.7 Å². The summed E-state index contributed by atoms with van der Waals surface area (Å²) in [6, 6.07) is 3.65. The van der Waals surface area contributed by atoms with Crippen LogP contribution in [-0.2, 0) is 0 Å². The van der Waals surface area contributed by atoms with E-state index in [0.717, 1.165) is 11.1 Å². The van der Waals surface area contributed by atoms with Crippen molar-refractivity contribution in [2.75, 3.05) is 13.2 Å². The molecule has 4 heteroatoms. The zero-order valence-corrected chi connectivity index (χ0v) is 10.4. The van der Waals surface area contributed by atoms with E-state index in [0.29, 0.717) is 5.56 Å². The van der Waals surface area contributed by atoms with Crippen LogP contribution in [0.3, 0.4) is 0 Å². The Kier molecular flexibility index (Phi) is 4.52. The number of hydrogen-bond donors (Lipinski definition) is 3. The first-order chi connectivity index (χ1) is 7.99. The monoisotopic (exact) mass is 237 g/mol. The molecule has 94 valence electrons. The van der Waals surface area contributed by atoms with Crippen LogP contribution < -0.4 is 5.32 Å². The first-order valence-corrected chi connectivity index (χ1v) is 5.70. The molecular weight excluding hydrogens is 218 g/mol. The maximum Gasteiger partial charge on any atom is 0.255 e. The average Bonchev–Trinajstić information content (AvgIpc) is 2.25. The summed E-state index contributed by atoms with van der Waals surface area (Å²) < 4.78 is 0. The van der Waals surface area contributed by atoms with Crippen molar-refractivity contribution in [1.82, 2.24) is 5.32 Å². The van der Waals surface area contributed by atoms with Gasteiger partial charge in [0.2, 0.25) is 0 Å². The lowest BCUT2D eigenvalue weighted by Gasteiger charge is -2.14. The lowest BCUT2D eigenvalue weighted by molar-refractivity contribution is 0.0941. The van der Waals surface area contributed by atoms with Gasteiger partial charge in [-0.3, -0.25) is 4.79 Å². The highest BCUT2D eigenvalue weighted by atomic mass is 16.3. The van der Waals surface area contributed by atoms with Crippen LogP contribution in [0, 0.1) is 6.92 Å². The molecule has 0 fully saturated rings. The molecule has 1 amide bonds. The van der Waals surface area contributed by atoms with Gasteiger partial charge in [-0.05, 0) is 24.0 Å². The Labute approximate surface area is 101 Å². The van der Waals surface area contributed by atoms with Crippen LogP contribution in [0.1, 0.15) is 41.3 Å². The molecule has 0 atom stereocenters. The van der Waals surface area contributed by atoms with Crippen molar-refractivity contribution in [3.05, 3.63) is 28.8 Å². The normalized spacial score (nSPS) is 10.6. The SMILES string of the molecule is Cc1ccc(C(C)C)c(O)c1C(=O)NCCO. The number of carbonyl (C=O) groups excluding carboxylic acids is 1. The number of aryl methyl sites for hydroxylation is 1. The summed E-state index contributed by atoms with van der Waals surface area (Å²) >= 11 is 0. The lowest BCUT2D eigenvalue weighted by atomic mass is 9.95. The summed E-state index contributed by atoms with van der Waals surface area (Å²) in [4.78, 5) is 11.8. The van der Waals surface area contributed by atoms with Crippen LogP contribution in [0.5, 0.6) is 5.75 Å². The second-order valence-corrected chi connectivity index (χ2v) is 4.33. The maximum absolute atomic E-state index is 11.8. The quantitative estimate of drug-likeness (QED) is 0.744. The highest BCUT2D eigenvalue weighted by Crippen LogP contribution is 2.31. The first kappa shape index (κ1) is 13.5. The molecule has 17 heavy (non-hydrogen) atoms. The Balaban J connectivity index is 3.13. The zero-order valence-electron chi connectivity index (χ0n) is 10.4. The molecular formula is C13H19NO3. The number of phenolic OH excluding ortho intramolecular Hbond substituents is 1. The van der Waals surface area contributed by atoms with Gasteiger partial charge in [-0.25, -0.2) is 0 Å². The molecule has 1 rings (SSSR count). The van der Waals surface area contributed by atoms with E-state index in [1.807, 2.05) is 26.0 Å². The number of carbonyl (C=O) groups is 1. The lowest BCUT2D eigenvalue weighted by Crippen LogP contribution is -2.27.